The van der Waals surface area contributed by atoms with Crippen molar-refractivity contribution in [3.63, 3.8) is 0 Å². The third-order valence-electron chi connectivity index (χ3n) is 3.69. The zero-order chi connectivity index (χ0) is 18.4. The number of allylic oxidation sites excluding steroid dienone is 1. The van der Waals surface area contributed by atoms with Gasteiger partial charge in [0.25, 0.3) is 0 Å². The van der Waals surface area contributed by atoms with Crippen molar-refractivity contribution in [3.8, 4) is 11.4 Å². The molecule has 1 heterocycles. The zero-order valence-corrected chi connectivity index (χ0v) is 15.4. The number of hydrogen-bond donors (Lipinski definition) is 1. The predicted octanol–water partition coefficient (Wildman–Crippen LogP) is 4.17. The highest BCUT2D eigenvalue weighted by molar-refractivity contribution is 7.99. The van der Waals surface area contributed by atoms with E-state index >= 15 is 0 Å². The molecule has 6 heteroatoms. The van der Waals surface area contributed by atoms with E-state index < -0.39 is 0 Å². The number of anilines is 1. The number of nitrogens with one attached hydrogen (secondary N) is 1. The van der Waals surface area contributed by atoms with E-state index in [1.807, 2.05) is 60.0 Å². The summed E-state index contributed by atoms with van der Waals surface area (Å²) >= 11 is 1.36. The number of carbonyl (C=O) groups is 1. The molecule has 26 heavy (non-hydrogen) atoms. The quantitative estimate of drug-likeness (QED) is 0.505. The van der Waals surface area contributed by atoms with Gasteiger partial charge in [-0.2, -0.15) is 0 Å². The van der Waals surface area contributed by atoms with Crippen LogP contribution in [0.5, 0.6) is 0 Å². The largest absolute Gasteiger partial charge is 0.325 e. The lowest BCUT2D eigenvalue weighted by molar-refractivity contribution is -0.113. The molecule has 0 aliphatic rings. The minimum atomic E-state index is -0.0774. The van der Waals surface area contributed by atoms with Crippen LogP contribution < -0.4 is 5.32 Å². The molecule has 0 aliphatic heterocycles. The third-order valence-corrected chi connectivity index (χ3v) is 4.66. The van der Waals surface area contributed by atoms with E-state index in [0.717, 1.165) is 22.6 Å². The van der Waals surface area contributed by atoms with Crippen molar-refractivity contribution in [3.05, 3.63) is 72.8 Å². The van der Waals surface area contributed by atoms with Crippen LogP contribution in [-0.2, 0) is 11.3 Å². The average molecular weight is 364 g/mol. The van der Waals surface area contributed by atoms with Gasteiger partial charge in [0.05, 0.1) is 5.75 Å². The Bertz CT molecular complexity index is 905. The highest BCUT2D eigenvalue weighted by atomic mass is 32.2. The fourth-order valence-electron chi connectivity index (χ4n) is 2.54. The SMILES string of the molecule is C=CCn1c(SCC(=O)Nc2ccccc2)nnc1-c1cccc(C)c1. The number of aromatic nitrogens is 3. The molecule has 0 aliphatic carbocycles. The third kappa shape index (κ3) is 4.40. The van der Waals surface area contributed by atoms with Gasteiger partial charge in [-0.15, -0.1) is 16.8 Å². The molecule has 0 radical (unpaired) electrons. The molecule has 132 valence electrons. The Labute approximate surface area is 157 Å². The maximum atomic E-state index is 12.2. The van der Waals surface area contributed by atoms with Crippen molar-refractivity contribution in [2.75, 3.05) is 11.1 Å². The number of para-hydroxylation sites is 1. The Morgan fingerprint density at radius 3 is 2.73 bits per heavy atom. The zero-order valence-electron chi connectivity index (χ0n) is 14.6. The van der Waals surface area contributed by atoms with Crippen LogP contribution in [0.4, 0.5) is 5.69 Å². The van der Waals surface area contributed by atoms with E-state index in [4.69, 9.17) is 0 Å². The number of carbonyl (C=O) groups excluding carboxylic acids is 1. The summed E-state index contributed by atoms with van der Waals surface area (Å²) in [6.45, 7) is 6.44. The van der Waals surface area contributed by atoms with E-state index in [2.05, 4.69) is 28.2 Å². The first kappa shape index (κ1) is 17.9. The van der Waals surface area contributed by atoms with Crippen molar-refractivity contribution in [1.82, 2.24) is 14.8 Å². The Morgan fingerprint density at radius 1 is 1.19 bits per heavy atom. The molecule has 0 unspecified atom stereocenters. The number of nitrogens with zero attached hydrogens (tertiary/aromatic N) is 3. The minimum absolute atomic E-state index is 0.0774. The molecule has 2 aromatic carbocycles. The van der Waals surface area contributed by atoms with Gasteiger partial charge in [0.2, 0.25) is 5.91 Å². The summed E-state index contributed by atoms with van der Waals surface area (Å²) in [6, 6.07) is 17.5. The van der Waals surface area contributed by atoms with Crippen LogP contribution >= 0.6 is 11.8 Å². The van der Waals surface area contributed by atoms with Crippen molar-refractivity contribution >= 4 is 23.4 Å². The van der Waals surface area contributed by atoms with Crippen molar-refractivity contribution < 1.29 is 4.79 Å². The lowest BCUT2D eigenvalue weighted by Gasteiger charge is -2.08. The van der Waals surface area contributed by atoms with Gasteiger partial charge < -0.3 is 5.32 Å². The number of aryl methyl sites for hydroxylation is 1. The minimum Gasteiger partial charge on any atom is -0.325 e. The fourth-order valence-corrected chi connectivity index (χ4v) is 3.28. The molecule has 3 rings (SSSR count). The predicted molar refractivity (Wildman–Crippen MR) is 106 cm³/mol. The first-order chi connectivity index (χ1) is 12.7. The summed E-state index contributed by atoms with van der Waals surface area (Å²) in [5, 5.41) is 12.2. The van der Waals surface area contributed by atoms with Crippen LogP contribution in [0, 0.1) is 6.92 Å². The van der Waals surface area contributed by atoms with Crippen LogP contribution in [-0.4, -0.2) is 26.4 Å². The van der Waals surface area contributed by atoms with Gasteiger partial charge in [0.1, 0.15) is 0 Å². The molecule has 0 saturated carbocycles. The van der Waals surface area contributed by atoms with E-state index in [-0.39, 0.29) is 11.7 Å². The number of hydrogen-bond acceptors (Lipinski definition) is 4. The number of thioether (sulfide) groups is 1. The first-order valence-corrected chi connectivity index (χ1v) is 9.25. The van der Waals surface area contributed by atoms with Crippen LogP contribution in [0.2, 0.25) is 0 Å². The highest BCUT2D eigenvalue weighted by Gasteiger charge is 2.15. The Morgan fingerprint density at radius 2 is 2.00 bits per heavy atom. The fraction of sp³-hybridized carbons (Fsp3) is 0.150. The molecule has 0 spiro atoms. The first-order valence-electron chi connectivity index (χ1n) is 8.26. The van der Waals surface area contributed by atoms with Crippen molar-refractivity contribution in [2.24, 2.45) is 0 Å². The summed E-state index contributed by atoms with van der Waals surface area (Å²) in [6.07, 6.45) is 1.80. The molecular formula is C20H20N4OS. The summed E-state index contributed by atoms with van der Waals surface area (Å²) in [4.78, 5) is 12.2. The summed E-state index contributed by atoms with van der Waals surface area (Å²) in [5.41, 5.74) is 2.94. The molecule has 0 fully saturated rings. The molecule has 1 aromatic heterocycles. The summed E-state index contributed by atoms with van der Waals surface area (Å²) < 4.78 is 1.97. The maximum Gasteiger partial charge on any atom is 0.234 e. The Balaban J connectivity index is 1.73. The van der Waals surface area contributed by atoms with Crippen LogP contribution in [0.25, 0.3) is 11.4 Å². The molecule has 5 nitrogen and oxygen atoms in total. The molecule has 0 bridgehead atoms. The number of amides is 1. The second-order valence-electron chi connectivity index (χ2n) is 5.78. The average Bonchev–Trinajstić information content (AvgIpc) is 3.04. The summed E-state index contributed by atoms with van der Waals surface area (Å²) in [5.74, 6) is 0.962. The second-order valence-corrected chi connectivity index (χ2v) is 6.72. The standard InChI is InChI=1S/C20H20N4OS/c1-3-12-24-19(16-9-7-8-15(2)13-16)22-23-20(24)26-14-18(25)21-17-10-5-4-6-11-17/h3-11,13H,1,12,14H2,2H3,(H,21,25). The van der Waals surface area contributed by atoms with E-state index in [1.165, 1.54) is 11.8 Å². The topological polar surface area (TPSA) is 59.8 Å². The van der Waals surface area contributed by atoms with Gasteiger partial charge in [-0.3, -0.25) is 9.36 Å². The van der Waals surface area contributed by atoms with Gasteiger partial charge in [0.15, 0.2) is 11.0 Å². The number of rotatable bonds is 7. The lowest BCUT2D eigenvalue weighted by Crippen LogP contribution is -2.14. The van der Waals surface area contributed by atoms with E-state index in [9.17, 15) is 4.79 Å². The second kappa shape index (κ2) is 8.49. The van der Waals surface area contributed by atoms with Crippen molar-refractivity contribution in [1.29, 1.82) is 0 Å². The Hall–Kier alpha value is -2.86. The molecule has 1 N–H and O–H groups in total. The highest BCUT2D eigenvalue weighted by Crippen LogP contribution is 2.25. The molecule has 1 amide bonds. The maximum absolute atomic E-state index is 12.2. The smallest absolute Gasteiger partial charge is 0.234 e. The molecule has 0 saturated heterocycles. The molecule has 3 aromatic rings. The monoisotopic (exact) mass is 364 g/mol. The lowest BCUT2D eigenvalue weighted by atomic mass is 10.1. The van der Waals surface area contributed by atoms with Gasteiger partial charge in [-0.25, -0.2) is 0 Å². The van der Waals surface area contributed by atoms with Gasteiger partial charge in [-0.05, 0) is 25.1 Å². The van der Waals surface area contributed by atoms with Crippen LogP contribution in [0.1, 0.15) is 5.56 Å². The Kier molecular flexibility index (Phi) is 5.86. The summed E-state index contributed by atoms with van der Waals surface area (Å²) in [7, 11) is 0. The molecular weight excluding hydrogens is 344 g/mol. The van der Waals surface area contributed by atoms with Crippen LogP contribution in [0.15, 0.2) is 72.4 Å². The van der Waals surface area contributed by atoms with Crippen LogP contribution in [0.3, 0.4) is 0 Å². The van der Waals surface area contributed by atoms with E-state index in [0.29, 0.717) is 11.7 Å². The van der Waals surface area contributed by atoms with Gasteiger partial charge in [-0.1, -0.05) is 59.8 Å². The normalized spacial score (nSPS) is 10.5. The van der Waals surface area contributed by atoms with Gasteiger partial charge in [0, 0.05) is 17.8 Å². The van der Waals surface area contributed by atoms with Crippen molar-refractivity contribution in [2.45, 2.75) is 18.6 Å². The van der Waals surface area contributed by atoms with E-state index in [1.54, 1.807) is 6.08 Å². The van der Waals surface area contributed by atoms with Gasteiger partial charge >= 0.3 is 0 Å². The molecule has 0 atom stereocenters. The number of benzene rings is 2.